The van der Waals surface area contributed by atoms with E-state index in [0.717, 1.165) is 10.2 Å². The molecule has 1 saturated heterocycles. The lowest BCUT2D eigenvalue weighted by Crippen LogP contribution is -2.35. The summed E-state index contributed by atoms with van der Waals surface area (Å²) in [6.45, 7) is 0. The average molecular weight is 375 g/mol. The number of imide groups is 1. The van der Waals surface area contributed by atoms with E-state index in [4.69, 9.17) is 4.74 Å². The van der Waals surface area contributed by atoms with Gasteiger partial charge in [0.15, 0.2) is 0 Å². The molecule has 0 bridgehead atoms. The predicted molar refractivity (Wildman–Crippen MR) is 91.7 cm³/mol. The van der Waals surface area contributed by atoms with Gasteiger partial charge in [-0.05, 0) is 36.4 Å². The van der Waals surface area contributed by atoms with Crippen molar-refractivity contribution in [1.82, 2.24) is 0 Å². The summed E-state index contributed by atoms with van der Waals surface area (Å²) >= 11 is 3.36. The normalized spacial score (nSPS) is 17.5. The quantitative estimate of drug-likeness (QED) is 0.834. The maximum Gasteiger partial charge on any atom is 0.256 e. The van der Waals surface area contributed by atoms with Gasteiger partial charge in [-0.2, -0.15) is 0 Å². The first-order chi connectivity index (χ1) is 11.1. The second kappa shape index (κ2) is 6.42. The molecule has 1 heterocycles. The molecular weight excluding hydrogens is 360 g/mol. The van der Waals surface area contributed by atoms with Crippen LogP contribution in [-0.4, -0.2) is 25.0 Å². The van der Waals surface area contributed by atoms with Crippen LogP contribution < -0.4 is 15.0 Å². The second-order valence-electron chi connectivity index (χ2n) is 5.15. The van der Waals surface area contributed by atoms with Gasteiger partial charge >= 0.3 is 0 Å². The van der Waals surface area contributed by atoms with Crippen molar-refractivity contribution in [2.45, 2.75) is 12.5 Å². The van der Waals surface area contributed by atoms with E-state index in [1.54, 1.807) is 24.3 Å². The molecule has 0 radical (unpaired) electrons. The topological polar surface area (TPSA) is 58.6 Å². The Morgan fingerprint density at radius 3 is 2.52 bits per heavy atom. The Labute approximate surface area is 142 Å². The van der Waals surface area contributed by atoms with Crippen LogP contribution >= 0.6 is 15.9 Å². The van der Waals surface area contributed by atoms with Crippen molar-refractivity contribution in [2.24, 2.45) is 0 Å². The summed E-state index contributed by atoms with van der Waals surface area (Å²) < 4.78 is 6.20. The minimum Gasteiger partial charge on any atom is -0.495 e. The van der Waals surface area contributed by atoms with Gasteiger partial charge in [0.05, 0.1) is 19.2 Å². The van der Waals surface area contributed by atoms with Gasteiger partial charge in [0.1, 0.15) is 11.8 Å². The highest BCUT2D eigenvalue weighted by Crippen LogP contribution is 2.32. The van der Waals surface area contributed by atoms with Crippen molar-refractivity contribution in [3.05, 3.63) is 53.0 Å². The molecule has 23 heavy (non-hydrogen) atoms. The maximum absolute atomic E-state index is 12.6. The average Bonchev–Trinajstić information content (AvgIpc) is 2.83. The molecule has 3 rings (SSSR count). The molecule has 1 N–H and O–H groups in total. The third-order valence-corrected chi connectivity index (χ3v) is 4.19. The highest BCUT2D eigenvalue weighted by Gasteiger charge is 2.40. The van der Waals surface area contributed by atoms with E-state index in [2.05, 4.69) is 21.2 Å². The summed E-state index contributed by atoms with van der Waals surface area (Å²) in [6.07, 6.45) is 0.118. The van der Waals surface area contributed by atoms with Gasteiger partial charge in [-0.3, -0.25) is 9.59 Å². The SMILES string of the molecule is COc1ccccc1N1C(=O)C[C@H](Nc2ccc(Br)cc2)C1=O. The van der Waals surface area contributed by atoms with Crippen LogP contribution in [0.1, 0.15) is 6.42 Å². The van der Waals surface area contributed by atoms with Crippen LogP contribution in [0, 0.1) is 0 Å². The van der Waals surface area contributed by atoms with E-state index in [9.17, 15) is 9.59 Å². The number of halogens is 1. The lowest BCUT2D eigenvalue weighted by Gasteiger charge is -2.18. The summed E-state index contributed by atoms with van der Waals surface area (Å²) in [5.74, 6) is -0.0185. The van der Waals surface area contributed by atoms with Gasteiger partial charge < -0.3 is 10.1 Å². The van der Waals surface area contributed by atoms with Crippen molar-refractivity contribution in [3.8, 4) is 5.75 Å². The first-order valence-electron chi connectivity index (χ1n) is 7.12. The fourth-order valence-electron chi connectivity index (χ4n) is 2.56. The van der Waals surface area contributed by atoms with Crippen molar-refractivity contribution in [3.63, 3.8) is 0 Å². The maximum atomic E-state index is 12.6. The molecule has 0 unspecified atom stereocenters. The number of hydrogen-bond donors (Lipinski definition) is 1. The summed E-state index contributed by atoms with van der Waals surface area (Å²) in [5.41, 5.74) is 1.27. The molecule has 2 aromatic carbocycles. The molecule has 0 saturated carbocycles. The minimum absolute atomic E-state index is 0.118. The van der Waals surface area contributed by atoms with E-state index in [1.807, 2.05) is 24.3 Å². The van der Waals surface area contributed by atoms with Gasteiger partial charge in [0.2, 0.25) is 5.91 Å². The molecule has 0 spiro atoms. The van der Waals surface area contributed by atoms with Crippen LogP contribution in [0.15, 0.2) is 53.0 Å². The molecule has 2 aromatic rings. The number of anilines is 2. The zero-order valence-corrected chi connectivity index (χ0v) is 14.0. The highest BCUT2D eigenvalue weighted by atomic mass is 79.9. The number of para-hydroxylation sites is 2. The number of hydrogen-bond acceptors (Lipinski definition) is 4. The molecule has 0 aromatic heterocycles. The fourth-order valence-corrected chi connectivity index (χ4v) is 2.82. The smallest absolute Gasteiger partial charge is 0.256 e. The third kappa shape index (κ3) is 3.07. The number of carbonyl (C=O) groups excluding carboxylic acids is 2. The lowest BCUT2D eigenvalue weighted by atomic mass is 10.2. The third-order valence-electron chi connectivity index (χ3n) is 3.66. The summed E-state index contributed by atoms with van der Waals surface area (Å²) in [6, 6.07) is 13.9. The standard InChI is InChI=1S/C17H15BrN2O3/c1-23-15-5-3-2-4-14(15)20-16(21)10-13(17(20)22)19-12-8-6-11(18)7-9-12/h2-9,13,19H,10H2,1H3/t13-/m0/s1. The van der Waals surface area contributed by atoms with Gasteiger partial charge in [0.25, 0.3) is 5.91 Å². The number of rotatable bonds is 4. The Kier molecular flexibility index (Phi) is 4.34. The number of benzene rings is 2. The van der Waals surface area contributed by atoms with Crippen LogP contribution in [0.5, 0.6) is 5.75 Å². The molecule has 1 fully saturated rings. The largest absolute Gasteiger partial charge is 0.495 e. The Morgan fingerprint density at radius 1 is 1.13 bits per heavy atom. The first-order valence-corrected chi connectivity index (χ1v) is 7.91. The Morgan fingerprint density at radius 2 is 1.83 bits per heavy atom. The zero-order valence-electron chi connectivity index (χ0n) is 12.5. The number of methoxy groups -OCH3 is 1. The Balaban J connectivity index is 1.84. The lowest BCUT2D eigenvalue weighted by molar-refractivity contribution is -0.121. The highest BCUT2D eigenvalue weighted by molar-refractivity contribution is 9.10. The van der Waals surface area contributed by atoms with Gasteiger partial charge in [-0.1, -0.05) is 28.1 Å². The predicted octanol–water partition coefficient (Wildman–Crippen LogP) is 3.20. The van der Waals surface area contributed by atoms with E-state index >= 15 is 0 Å². The number of nitrogens with zero attached hydrogens (tertiary/aromatic N) is 1. The van der Waals surface area contributed by atoms with E-state index in [0.29, 0.717) is 11.4 Å². The number of nitrogens with one attached hydrogen (secondary N) is 1. The van der Waals surface area contributed by atoms with Crippen molar-refractivity contribution < 1.29 is 14.3 Å². The van der Waals surface area contributed by atoms with Gasteiger partial charge in [-0.25, -0.2) is 4.90 Å². The van der Waals surface area contributed by atoms with E-state index in [1.165, 1.54) is 12.0 Å². The van der Waals surface area contributed by atoms with Gasteiger partial charge in [-0.15, -0.1) is 0 Å². The number of amides is 2. The molecule has 118 valence electrons. The van der Waals surface area contributed by atoms with E-state index < -0.39 is 6.04 Å². The number of ether oxygens (including phenoxy) is 1. The van der Waals surface area contributed by atoms with Crippen LogP contribution in [-0.2, 0) is 9.59 Å². The van der Waals surface area contributed by atoms with Crippen LogP contribution in [0.25, 0.3) is 0 Å². The summed E-state index contributed by atoms with van der Waals surface area (Å²) in [5, 5.41) is 3.11. The molecule has 0 aliphatic carbocycles. The summed E-state index contributed by atoms with van der Waals surface area (Å²) in [4.78, 5) is 26.1. The molecule has 5 nitrogen and oxygen atoms in total. The second-order valence-corrected chi connectivity index (χ2v) is 6.06. The molecule has 1 aliphatic rings. The molecule has 6 heteroatoms. The monoisotopic (exact) mass is 374 g/mol. The van der Waals surface area contributed by atoms with E-state index in [-0.39, 0.29) is 18.2 Å². The first kappa shape index (κ1) is 15.6. The van der Waals surface area contributed by atoms with Crippen molar-refractivity contribution in [2.75, 3.05) is 17.3 Å². The molecule has 1 atom stereocenters. The molecule has 1 aliphatic heterocycles. The number of carbonyl (C=O) groups is 2. The molecular formula is C17H15BrN2O3. The summed E-state index contributed by atoms with van der Waals surface area (Å²) in [7, 11) is 1.52. The van der Waals surface area contributed by atoms with Crippen molar-refractivity contribution in [1.29, 1.82) is 0 Å². The zero-order chi connectivity index (χ0) is 16.4. The molecule has 2 amide bonds. The van der Waals surface area contributed by atoms with Crippen LogP contribution in [0.4, 0.5) is 11.4 Å². The fraction of sp³-hybridized carbons (Fsp3) is 0.176. The van der Waals surface area contributed by atoms with Crippen LogP contribution in [0.2, 0.25) is 0 Å². The Hall–Kier alpha value is -2.34. The van der Waals surface area contributed by atoms with Crippen molar-refractivity contribution >= 4 is 39.1 Å². The van der Waals surface area contributed by atoms with Gasteiger partial charge in [0, 0.05) is 10.2 Å². The van der Waals surface area contributed by atoms with Crippen LogP contribution in [0.3, 0.4) is 0 Å². The minimum atomic E-state index is -0.575. The Bertz CT molecular complexity index is 746.